The fourth-order valence-corrected chi connectivity index (χ4v) is 3.91. The van der Waals surface area contributed by atoms with E-state index in [2.05, 4.69) is 10.6 Å². The summed E-state index contributed by atoms with van der Waals surface area (Å²) < 4.78 is 4.70. The molecule has 0 unspecified atom stereocenters. The Kier molecular flexibility index (Phi) is 6.89. The zero-order valence-electron chi connectivity index (χ0n) is 19.7. The lowest BCUT2D eigenvalue weighted by molar-refractivity contribution is -0.120. The van der Waals surface area contributed by atoms with E-state index in [0.717, 1.165) is 16.0 Å². The molecule has 0 spiro atoms. The van der Waals surface area contributed by atoms with Gasteiger partial charge >= 0.3 is 5.97 Å². The number of halogens is 1. The molecule has 0 bridgehead atoms. The van der Waals surface area contributed by atoms with Crippen LogP contribution in [0, 0.1) is 13.8 Å². The van der Waals surface area contributed by atoms with Crippen LogP contribution in [0.3, 0.4) is 0 Å². The molecule has 0 aromatic heterocycles. The lowest BCUT2D eigenvalue weighted by atomic mass is 10.1. The normalized spacial score (nSPS) is 13.2. The number of hydrogen-bond acceptors (Lipinski definition) is 6. The van der Waals surface area contributed by atoms with E-state index in [-0.39, 0.29) is 27.9 Å². The van der Waals surface area contributed by atoms with E-state index in [1.54, 1.807) is 24.3 Å². The Morgan fingerprint density at radius 3 is 2.33 bits per heavy atom. The molecule has 0 saturated carbocycles. The van der Waals surface area contributed by atoms with Gasteiger partial charge in [-0.2, -0.15) is 0 Å². The molecule has 36 heavy (non-hydrogen) atoms. The smallest absolute Gasteiger partial charge is 0.337 e. The van der Waals surface area contributed by atoms with Gasteiger partial charge in [0.1, 0.15) is 10.7 Å². The second-order valence-corrected chi connectivity index (χ2v) is 8.46. The van der Waals surface area contributed by atoms with Crippen molar-refractivity contribution in [3.63, 3.8) is 0 Å². The Hall–Kier alpha value is -4.43. The van der Waals surface area contributed by atoms with Gasteiger partial charge in [0.05, 0.1) is 18.4 Å². The van der Waals surface area contributed by atoms with Crippen LogP contribution in [0.15, 0.2) is 77.5 Å². The third kappa shape index (κ3) is 4.71. The summed E-state index contributed by atoms with van der Waals surface area (Å²) in [5.41, 5.74) is 3.66. The van der Waals surface area contributed by atoms with Gasteiger partial charge in [-0.25, -0.2) is 9.69 Å². The Labute approximate surface area is 212 Å². The van der Waals surface area contributed by atoms with Crippen molar-refractivity contribution in [2.45, 2.75) is 13.8 Å². The second kappa shape index (κ2) is 10.1. The molecule has 3 aromatic carbocycles. The van der Waals surface area contributed by atoms with Crippen LogP contribution in [0.5, 0.6) is 0 Å². The molecule has 0 radical (unpaired) electrons. The standard InChI is InChI=1S/C27H22ClN3O5/c1-15-7-4-12-21(16(15)2)30-24(32)17-8-5-10-19(13-17)29-23-22(28)25(33)31(26(23)34)20-11-6-9-18(14-20)27(35)36-3/h4-14,29H,1-3H3,(H,30,32). The zero-order chi connectivity index (χ0) is 26.0. The Bertz CT molecular complexity index is 1450. The number of esters is 1. The minimum absolute atomic E-state index is 0.141. The van der Waals surface area contributed by atoms with Crippen LogP contribution >= 0.6 is 11.6 Å². The van der Waals surface area contributed by atoms with Crippen LogP contribution in [-0.2, 0) is 14.3 Å². The molecule has 3 aromatic rings. The monoisotopic (exact) mass is 503 g/mol. The minimum Gasteiger partial charge on any atom is -0.465 e. The van der Waals surface area contributed by atoms with Crippen molar-refractivity contribution in [1.29, 1.82) is 0 Å². The number of amides is 3. The van der Waals surface area contributed by atoms with Gasteiger partial charge in [0, 0.05) is 16.9 Å². The number of carbonyl (C=O) groups excluding carboxylic acids is 4. The molecule has 1 aliphatic heterocycles. The molecule has 0 fully saturated rings. The highest BCUT2D eigenvalue weighted by Gasteiger charge is 2.39. The fraction of sp³-hybridized carbons (Fsp3) is 0.111. The first-order chi connectivity index (χ1) is 17.2. The third-order valence-electron chi connectivity index (χ3n) is 5.80. The van der Waals surface area contributed by atoms with Gasteiger partial charge in [-0.3, -0.25) is 14.4 Å². The topological polar surface area (TPSA) is 105 Å². The van der Waals surface area contributed by atoms with E-state index in [9.17, 15) is 19.2 Å². The Balaban J connectivity index is 1.55. The Morgan fingerprint density at radius 1 is 0.889 bits per heavy atom. The number of benzene rings is 3. The predicted molar refractivity (Wildman–Crippen MR) is 137 cm³/mol. The number of imide groups is 1. The van der Waals surface area contributed by atoms with Crippen molar-refractivity contribution < 1.29 is 23.9 Å². The first kappa shape index (κ1) is 24.7. The van der Waals surface area contributed by atoms with E-state index in [4.69, 9.17) is 16.3 Å². The van der Waals surface area contributed by atoms with Crippen molar-refractivity contribution in [3.8, 4) is 0 Å². The number of nitrogens with zero attached hydrogens (tertiary/aromatic N) is 1. The molecule has 2 N–H and O–H groups in total. The summed E-state index contributed by atoms with van der Waals surface area (Å²) in [7, 11) is 1.23. The number of nitrogens with one attached hydrogen (secondary N) is 2. The van der Waals surface area contributed by atoms with Crippen LogP contribution in [0.2, 0.25) is 0 Å². The van der Waals surface area contributed by atoms with E-state index in [1.807, 2.05) is 32.0 Å². The van der Waals surface area contributed by atoms with Crippen LogP contribution < -0.4 is 15.5 Å². The third-order valence-corrected chi connectivity index (χ3v) is 6.15. The van der Waals surface area contributed by atoms with Gasteiger partial charge in [0.2, 0.25) is 0 Å². The molecule has 0 atom stereocenters. The molecule has 0 saturated heterocycles. The van der Waals surface area contributed by atoms with Crippen molar-refractivity contribution in [2.24, 2.45) is 0 Å². The van der Waals surface area contributed by atoms with E-state index < -0.39 is 17.8 Å². The van der Waals surface area contributed by atoms with Crippen molar-refractivity contribution in [2.75, 3.05) is 22.6 Å². The summed E-state index contributed by atoms with van der Waals surface area (Å²) in [4.78, 5) is 51.5. The highest BCUT2D eigenvalue weighted by Crippen LogP contribution is 2.31. The van der Waals surface area contributed by atoms with Crippen LogP contribution in [0.1, 0.15) is 31.8 Å². The zero-order valence-corrected chi connectivity index (χ0v) is 20.5. The number of hydrogen-bond donors (Lipinski definition) is 2. The maximum atomic E-state index is 13.1. The fourth-order valence-electron chi connectivity index (χ4n) is 3.70. The number of methoxy groups -OCH3 is 1. The molecule has 3 amide bonds. The lowest BCUT2D eigenvalue weighted by Gasteiger charge is -2.16. The molecule has 182 valence electrons. The molecular formula is C27H22ClN3O5. The van der Waals surface area contributed by atoms with Crippen molar-refractivity contribution >= 4 is 52.4 Å². The first-order valence-electron chi connectivity index (χ1n) is 10.9. The second-order valence-electron chi connectivity index (χ2n) is 8.08. The van der Waals surface area contributed by atoms with E-state index in [1.165, 1.54) is 31.4 Å². The summed E-state index contributed by atoms with van der Waals surface area (Å²) in [6.07, 6.45) is 0. The summed E-state index contributed by atoms with van der Waals surface area (Å²) in [6, 6.07) is 18.0. The highest BCUT2D eigenvalue weighted by molar-refractivity contribution is 6.53. The van der Waals surface area contributed by atoms with Gasteiger partial charge in [-0.15, -0.1) is 0 Å². The van der Waals surface area contributed by atoms with E-state index in [0.29, 0.717) is 16.9 Å². The molecular weight excluding hydrogens is 482 g/mol. The number of rotatable bonds is 6. The lowest BCUT2D eigenvalue weighted by Crippen LogP contribution is -2.32. The maximum Gasteiger partial charge on any atom is 0.337 e. The van der Waals surface area contributed by atoms with Crippen molar-refractivity contribution in [1.82, 2.24) is 0 Å². The predicted octanol–water partition coefficient (Wildman–Crippen LogP) is 4.78. The van der Waals surface area contributed by atoms with Gasteiger partial charge in [-0.05, 0) is 67.4 Å². The average Bonchev–Trinajstić information content (AvgIpc) is 3.09. The molecule has 8 nitrogen and oxygen atoms in total. The first-order valence-corrected chi connectivity index (χ1v) is 11.3. The molecule has 9 heteroatoms. The van der Waals surface area contributed by atoms with Crippen molar-refractivity contribution in [3.05, 3.63) is 99.7 Å². The largest absolute Gasteiger partial charge is 0.465 e. The number of aryl methyl sites for hydroxylation is 1. The molecule has 0 aliphatic carbocycles. The van der Waals surface area contributed by atoms with Gasteiger partial charge in [-0.1, -0.05) is 35.9 Å². The highest BCUT2D eigenvalue weighted by atomic mass is 35.5. The SMILES string of the molecule is COC(=O)c1cccc(N2C(=O)C(Cl)=C(Nc3cccc(C(=O)Nc4cccc(C)c4C)c3)C2=O)c1. The van der Waals surface area contributed by atoms with Gasteiger partial charge in [0.15, 0.2) is 0 Å². The summed E-state index contributed by atoms with van der Waals surface area (Å²) in [5.74, 6) is -2.38. The summed E-state index contributed by atoms with van der Waals surface area (Å²) in [5, 5.41) is 5.44. The minimum atomic E-state index is -0.741. The van der Waals surface area contributed by atoms with Crippen LogP contribution in [-0.4, -0.2) is 30.8 Å². The number of ether oxygens (including phenoxy) is 1. The van der Waals surface area contributed by atoms with Gasteiger partial charge in [0.25, 0.3) is 17.7 Å². The molecule has 1 aliphatic rings. The van der Waals surface area contributed by atoms with Crippen LogP contribution in [0.25, 0.3) is 0 Å². The summed E-state index contributed by atoms with van der Waals surface area (Å²) in [6.45, 7) is 3.88. The molecule has 1 heterocycles. The molecule has 4 rings (SSSR count). The number of anilines is 3. The summed E-state index contributed by atoms with van der Waals surface area (Å²) >= 11 is 6.22. The Morgan fingerprint density at radius 2 is 1.58 bits per heavy atom. The van der Waals surface area contributed by atoms with Gasteiger partial charge < -0.3 is 15.4 Å². The van der Waals surface area contributed by atoms with Crippen LogP contribution in [0.4, 0.5) is 17.1 Å². The number of carbonyl (C=O) groups is 4. The van der Waals surface area contributed by atoms with E-state index >= 15 is 0 Å². The quantitative estimate of drug-likeness (QED) is 0.370. The average molecular weight is 504 g/mol. The maximum absolute atomic E-state index is 13.1.